The van der Waals surface area contributed by atoms with Crippen molar-refractivity contribution in [2.45, 2.75) is 84.1 Å². The average molecular weight is 258 g/mol. The quantitative estimate of drug-likeness (QED) is 0.491. The average Bonchev–Trinajstić information content (AvgIpc) is 2.39. The van der Waals surface area contributed by atoms with Crippen LogP contribution in [0.1, 0.15) is 79.4 Å². The molecule has 0 saturated carbocycles. The van der Waals surface area contributed by atoms with E-state index in [1.807, 2.05) is 0 Å². The Bertz CT molecular complexity index is 212. The number of nitrogens with one attached hydrogen (secondary N) is 1. The van der Waals surface area contributed by atoms with Crippen molar-refractivity contribution in [3.05, 3.63) is 0 Å². The van der Waals surface area contributed by atoms with Crippen molar-refractivity contribution in [1.82, 2.24) is 5.32 Å². The second-order valence-electron chi connectivity index (χ2n) is 5.05. The number of carboxylic acid groups (broad SMARTS) is 1. The summed E-state index contributed by atoms with van der Waals surface area (Å²) < 4.78 is 7.04. The van der Waals surface area contributed by atoms with Gasteiger partial charge < -0.3 is 10.4 Å². The molecular formula is C15H31NO2. The predicted octanol–water partition coefficient (Wildman–Crippen LogP) is 3.97. The first-order chi connectivity index (χ1) is 9.18. The fourth-order valence-electron chi connectivity index (χ4n) is 1.95. The second-order valence-corrected chi connectivity index (χ2v) is 5.05. The Hall–Kier alpha value is -0.570. The lowest BCUT2D eigenvalue weighted by Crippen LogP contribution is -2.34. The highest BCUT2D eigenvalue weighted by Gasteiger charge is 2.07. The summed E-state index contributed by atoms with van der Waals surface area (Å²) >= 11 is 0. The molecule has 0 amide bonds. The van der Waals surface area contributed by atoms with Gasteiger partial charge in [-0.1, -0.05) is 64.7 Å². The molecule has 0 aromatic rings. The van der Waals surface area contributed by atoms with Gasteiger partial charge in [0.25, 0.3) is 0 Å². The van der Waals surface area contributed by atoms with Crippen LogP contribution in [0.25, 0.3) is 0 Å². The Morgan fingerprint density at radius 3 is 2.06 bits per heavy atom. The second kappa shape index (κ2) is 12.9. The minimum Gasteiger partial charge on any atom is -0.480 e. The summed E-state index contributed by atoms with van der Waals surface area (Å²) in [6.07, 6.45) is 12.3. The van der Waals surface area contributed by atoms with Gasteiger partial charge in [-0.05, 0) is 19.9 Å². The molecule has 3 nitrogen and oxygen atoms in total. The molecule has 0 rings (SSSR count). The summed E-state index contributed by atoms with van der Waals surface area (Å²) in [6.45, 7) is 3.07. The SMILES string of the molecule is [2H]CCCCCCCCCCCCN[C@@H](C)C(=O)O. The van der Waals surface area contributed by atoms with Gasteiger partial charge in [0, 0.05) is 1.37 Å². The Labute approximate surface area is 114 Å². The summed E-state index contributed by atoms with van der Waals surface area (Å²) in [7, 11) is 0. The van der Waals surface area contributed by atoms with Gasteiger partial charge in [-0.3, -0.25) is 4.79 Å². The van der Waals surface area contributed by atoms with Crippen LogP contribution in [0.3, 0.4) is 0 Å². The number of carboxylic acids is 1. The Kier molecular flexibility index (Phi) is 11.1. The molecule has 1 atom stereocenters. The molecule has 0 aliphatic carbocycles. The molecule has 0 radical (unpaired) electrons. The van der Waals surface area contributed by atoms with Crippen molar-refractivity contribution in [2.75, 3.05) is 6.54 Å². The molecule has 108 valence electrons. The van der Waals surface area contributed by atoms with E-state index in [1.165, 1.54) is 51.4 Å². The van der Waals surface area contributed by atoms with Crippen LogP contribution in [-0.2, 0) is 4.79 Å². The minimum absolute atomic E-state index is 0.427. The van der Waals surface area contributed by atoms with E-state index in [1.54, 1.807) is 6.92 Å². The highest BCUT2D eigenvalue weighted by Crippen LogP contribution is 2.10. The van der Waals surface area contributed by atoms with E-state index >= 15 is 0 Å². The van der Waals surface area contributed by atoms with Crippen molar-refractivity contribution in [2.24, 2.45) is 0 Å². The van der Waals surface area contributed by atoms with Gasteiger partial charge in [-0.25, -0.2) is 0 Å². The van der Waals surface area contributed by atoms with E-state index in [0.717, 1.165) is 19.4 Å². The lowest BCUT2D eigenvalue weighted by atomic mass is 10.1. The number of hydrogen-bond donors (Lipinski definition) is 2. The first-order valence-corrected chi connectivity index (χ1v) is 7.44. The van der Waals surface area contributed by atoms with Crippen LogP contribution in [0, 0.1) is 0 Å². The van der Waals surface area contributed by atoms with Gasteiger partial charge in [-0.2, -0.15) is 0 Å². The molecule has 0 aromatic carbocycles. The lowest BCUT2D eigenvalue weighted by molar-refractivity contribution is -0.138. The molecule has 3 heteroatoms. The smallest absolute Gasteiger partial charge is 0.320 e. The standard InChI is InChI=1S/C15H31NO2/c1-3-4-5-6-7-8-9-10-11-12-13-16-14(2)15(17)18/h14,16H,3-13H2,1-2H3,(H,17,18)/t14-/m0/s1/i1D. The van der Waals surface area contributed by atoms with Crippen LogP contribution < -0.4 is 5.32 Å². The van der Waals surface area contributed by atoms with Crippen molar-refractivity contribution >= 4 is 5.97 Å². The number of carbonyl (C=O) groups is 1. The third-order valence-corrected chi connectivity index (χ3v) is 3.25. The van der Waals surface area contributed by atoms with E-state index < -0.39 is 12.0 Å². The lowest BCUT2D eigenvalue weighted by Gasteiger charge is -2.08. The molecule has 0 saturated heterocycles. The molecule has 0 aromatic heterocycles. The normalized spacial score (nSPS) is 13.3. The summed E-state index contributed by atoms with van der Waals surface area (Å²) in [6, 6.07) is -0.427. The third-order valence-electron chi connectivity index (χ3n) is 3.25. The third kappa shape index (κ3) is 11.9. The van der Waals surface area contributed by atoms with Crippen molar-refractivity contribution in [1.29, 1.82) is 0 Å². The van der Waals surface area contributed by atoms with Gasteiger partial charge >= 0.3 is 5.97 Å². The number of aliphatic carboxylic acids is 1. The molecular weight excluding hydrogens is 226 g/mol. The zero-order valence-electron chi connectivity index (χ0n) is 12.9. The van der Waals surface area contributed by atoms with Gasteiger partial charge in [0.2, 0.25) is 0 Å². The van der Waals surface area contributed by atoms with E-state index in [9.17, 15) is 4.79 Å². The van der Waals surface area contributed by atoms with Crippen molar-refractivity contribution < 1.29 is 11.3 Å². The first kappa shape index (κ1) is 15.5. The van der Waals surface area contributed by atoms with Crippen molar-refractivity contribution in [3.63, 3.8) is 0 Å². The van der Waals surface area contributed by atoms with Crippen LogP contribution in [0.2, 0.25) is 0 Å². The van der Waals surface area contributed by atoms with Crippen LogP contribution in [0.5, 0.6) is 0 Å². The molecule has 0 bridgehead atoms. The molecule has 0 heterocycles. The number of hydrogen-bond acceptors (Lipinski definition) is 2. The summed E-state index contributed by atoms with van der Waals surface area (Å²) in [5.74, 6) is -0.773. The van der Waals surface area contributed by atoms with Crippen molar-refractivity contribution in [3.8, 4) is 0 Å². The monoisotopic (exact) mass is 258 g/mol. The largest absolute Gasteiger partial charge is 0.480 e. The molecule has 0 spiro atoms. The van der Waals surface area contributed by atoms with Crippen LogP contribution in [0.15, 0.2) is 0 Å². The van der Waals surface area contributed by atoms with Gasteiger partial charge in [-0.15, -0.1) is 0 Å². The highest BCUT2D eigenvalue weighted by atomic mass is 16.4. The molecule has 2 N–H and O–H groups in total. The maximum absolute atomic E-state index is 10.6. The van der Waals surface area contributed by atoms with E-state index in [2.05, 4.69) is 5.32 Å². The van der Waals surface area contributed by atoms with E-state index in [0.29, 0.717) is 6.90 Å². The van der Waals surface area contributed by atoms with Crippen LogP contribution in [-0.4, -0.2) is 23.7 Å². The summed E-state index contributed by atoms with van der Waals surface area (Å²) in [4.78, 5) is 10.6. The molecule has 0 aliphatic rings. The summed E-state index contributed by atoms with van der Waals surface area (Å²) in [5.41, 5.74) is 0. The molecule has 0 unspecified atom stereocenters. The van der Waals surface area contributed by atoms with E-state index in [-0.39, 0.29) is 0 Å². The molecule has 18 heavy (non-hydrogen) atoms. The zero-order valence-corrected chi connectivity index (χ0v) is 11.9. The van der Waals surface area contributed by atoms with Gasteiger partial charge in [0.05, 0.1) is 0 Å². The fraction of sp³-hybridized carbons (Fsp3) is 0.933. The van der Waals surface area contributed by atoms with Gasteiger partial charge in [0.15, 0.2) is 0 Å². The number of rotatable bonds is 13. The van der Waals surface area contributed by atoms with E-state index in [4.69, 9.17) is 6.48 Å². The minimum atomic E-state index is -0.773. The fourth-order valence-corrected chi connectivity index (χ4v) is 1.95. The predicted molar refractivity (Wildman–Crippen MR) is 76.9 cm³/mol. The Morgan fingerprint density at radius 1 is 1.06 bits per heavy atom. The van der Waals surface area contributed by atoms with Crippen LogP contribution >= 0.6 is 0 Å². The maximum Gasteiger partial charge on any atom is 0.320 e. The number of unbranched alkanes of at least 4 members (excludes halogenated alkanes) is 9. The summed E-state index contributed by atoms with van der Waals surface area (Å²) in [5, 5.41) is 11.7. The molecule has 0 fully saturated rings. The molecule has 0 aliphatic heterocycles. The Balaban J connectivity index is 3.05. The highest BCUT2D eigenvalue weighted by molar-refractivity contribution is 5.72. The Morgan fingerprint density at radius 2 is 1.56 bits per heavy atom. The zero-order chi connectivity index (χ0) is 14.3. The van der Waals surface area contributed by atoms with Crippen LogP contribution in [0.4, 0.5) is 0 Å². The topological polar surface area (TPSA) is 49.3 Å². The first-order valence-electron chi connectivity index (χ1n) is 8.14. The van der Waals surface area contributed by atoms with Gasteiger partial charge in [0.1, 0.15) is 6.04 Å². The maximum atomic E-state index is 10.6.